The van der Waals surface area contributed by atoms with Gasteiger partial charge in [0.2, 0.25) is 5.89 Å². The zero-order chi connectivity index (χ0) is 18.3. The van der Waals surface area contributed by atoms with Crippen LogP contribution < -0.4 is 0 Å². The number of hydrogen-bond donors (Lipinski definition) is 0. The van der Waals surface area contributed by atoms with Crippen LogP contribution in [-0.4, -0.2) is 31.1 Å². The lowest BCUT2D eigenvalue weighted by Crippen LogP contribution is -2.26. The third-order valence-corrected chi connectivity index (χ3v) is 5.12. The van der Waals surface area contributed by atoms with E-state index in [0.717, 1.165) is 36.7 Å². The van der Waals surface area contributed by atoms with Crippen LogP contribution in [0.5, 0.6) is 0 Å². The minimum atomic E-state index is -0.119. The maximum absolute atomic E-state index is 5.46. The van der Waals surface area contributed by atoms with E-state index in [1.165, 1.54) is 11.9 Å². The predicted octanol–water partition coefficient (Wildman–Crippen LogP) is 4.07. The van der Waals surface area contributed by atoms with Gasteiger partial charge in [0, 0.05) is 12.0 Å². The zero-order valence-corrected chi connectivity index (χ0v) is 16.1. The van der Waals surface area contributed by atoms with Crippen LogP contribution in [0.4, 0.5) is 0 Å². The standard InChI is InChI=1S/C20H27N5O/c1-5-25-15-10-7-6-9-14(15)21-18(25)16-11-8-12-24(16)13-17-22-19(26-23-17)20(2,3)4/h6-7,9-10,16H,5,8,11-13H2,1-4H3/t16-/m1/s1. The fourth-order valence-corrected chi connectivity index (χ4v) is 3.79. The van der Waals surface area contributed by atoms with Crippen LogP contribution in [0.3, 0.4) is 0 Å². The molecule has 1 fully saturated rings. The van der Waals surface area contributed by atoms with Gasteiger partial charge in [0.05, 0.1) is 23.6 Å². The molecule has 6 heteroatoms. The fourth-order valence-electron chi connectivity index (χ4n) is 3.79. The van der Waals surface area contributed by atoms with Crippen LogP contribution in [0.15, 0.2) is 28.8 Å². The highest BCUT2D eigenvalue weighted by atomic mass is 16.5. The van der Waals surface area contributed by atoms with E-state index in [-0.39, 0.29) is 5.41 Å². The third-order valence-electron chi connectivity index (χ3n) is 5.12. The Morgan fingerprint density at radius 3 is 2.73 bits per heavy atom. The number of rotatable bonds is 4. The Hall–Kier alpha value is -2.21. The van der Waals surface area contributed by atoms with Crippen molar-refractivity contribution in [2.75, 3.05) is 6.54 Å². The number of para-hydroxylation sites is 2. The van der Waals surface area contributed by atoms with Crippen LogP contribution in [0.2, 0.25) is 0 Å². The monoisotopic (exact) mass is 353 g/mol. The van der Waals surface area contributed by atoms with E-state index in [0.29, 0.717) is 18.5 Å². The summed E-state index contributed by atoms with van der Waals surface area (Å²) in [4.78, 5) is 12.0. The van der Waals surface area contributed by atoms with Crippen molar-refractivity contribution in [3.05, 3.63) is 41.8 Å². The number of benzene rings is 1. The second-order valence-electron chi connectivity index (χ2n) is 8.10. The Bertz CT molecular complexity index is 904. The molecule has 4 rings (SSSR count). The molecule has 1 aromatic carbocycles. The van der Waals surface area contributed by atoms with Crippen molar-refractivity contribution >= 4 is 11.0 Å². The summed E-state index contributed by atoms with van der Waals surface area (Å²) in [5.74, 6) is 2.62. The van der Waals surface area contributed by atoms with Gasteiger partial charge >= 0.3 is 0 Å². The topological polar surface area (TPSA) is 60.0 Å². The van der Waals surface area contributed by atoms with Gasteiger partial charge in [-0.15, -0.1) is 0 Å². The largest absolute Gasteiger partial charge is 0.339 e. The first-order valence-corrected chi connectivity index (χ1v) is 9.49. The summed E-state index contributed by atoms with van der Waals surface area (Å²) >= 11 is 0. The van der Waals surface area contributed by atoms with Gasteiger partial charge in [-0.3, -0.25) is 4.90 Å². The highest BCUT2D eigenvalue weighted by Gasteiger charge is 2.32. The van der Waals surface area contributed by atoms with Gasteiger partial charge in [-0.25, -0.2) is 4.98 Å². The summed E-state index contributed by atoms with van der Waals surface area (Å²) in [7, 11) is 0. The number of imidazole rings is 1. The summed E-state index contributed by atoms with van der Waals surface area (Å²) in [6.45, 7) is 11.1. The molecule has 0 aliphatic carbocycles. The molecular formula is C20H27N5O. The summed E-state index contributed by atoms with van der Waals surface area (Å²) in [6.07, 6.45) is 2.29. The lowest BCUT2D eigenvalue weighted by molar-refractivity contribution is 0.226. The molecule has 0 amide bonds. The van der Waals surface area contributed by atoms with Crippen molar-refractivity contribution in [1.29, 1.82) is 0 Å². The van der Waals surface area contributed by atoms with Gasteiger partial charge < -0.3 is 9.09 Å². The molecule has 0 radical (unpaired) electrons. The van der Waals surface area contributed by atoms with E-state index in [2.05, 4.69) is 71.6 Å². The van der Waals surface area contributed by atoms with Gasteiger partial charge in [0.15, 0.2) is 5.82 Å². The lowest BCUT2D eigenvalue weighted by Gasteiger charge is -2.23. The van der Waals surface area contributed by atoms with Crippen LogP contribution in [0.1, 0.15) is 64.1 Å². The van der Waals surface area contributed by atoms with Gasteiger partial charge in [-0.2, -0.15) is 4.98 Å². The summed E-state index contributed by atoms with van der Waals surface area (Å²) in [5.41, 5.74) is 2.17. The molecule has 1 saturated heterocycles. The van der Waals surface area contributed by atoms with E-state index in [1.807, 2.05) is 0 Å². The Morgan fingerprint density at radius 2 is 2.00 bits per heavy atom. The minimum absolute atomic E-state index is 0.119. The van der Waals surface area contributed by atoms with Crippen molar-refractivity contribution < 1.29 is 4.52 Å². The number of aryl methyl sites for hydroxylation is 1. The third kappa shape index (κ3) is 3.03. The van der Waals surface area contributed by atoms with E-state index < -0.39 is 0 Å². The lowest BCUT2D eigenvalue weighted by atomic mass is 9.97. The first-order valence-electron chi connectivity index (χ1n) is 9.49. The number of fused-ring (bicyclic) bond motifs is 1. The van der Waals surface area contributed by atoms with Crippen LogP contribution in [-0.2, 0) is 18.5 Å². The van der Waals surface area contributed by atoms with Crippen LogP contribution in [0, 0.1) is 0 Å². The summed E-state index contributed by atoms with van der Waals surface area (Å²) < 4.78 is 7.81. The summed E-state index contributed by atoms with van der Waals surface area (Å²) in [6, 6.07) is 8.69. The fraction of sp³-hybridized carbons (Fsp3) is 0.550. The SMILES string of the molecule is CCn1c([C@H]2CCCN2Cc2noc(C(C)(C)C)n2)nc2ccccc21. The quantitative estimate of drug-likeness (QED) is 0.707. The number of nitrogens with zero attached hydrogens (tertiary/aromatic N) is 5. The molecule has 26 heavy (non-hydrogen) atoms. The molecule has 0 N–H and O–H groups in total. The maximum atomic E-state index is 5.46. The second kappa shape index (κ2) is 6.50. The number of likely N-dealkylation sites (tertiary alicyclic amines) is 1. The van der Waals surface area contributed by atoms with Crippen LogP contribution in [0.25, 0.3) is 11.0 Å². The average molecular weight is 353 g/mol. The molecule has 6 nitrogen and oxygen atoms in total. The first-order chi connectivity index (χ1) is 12.5. The second-order valence-corrected chi connectivity index (χ2v) is 8.10. The summed E-state index contributed by atoms with van der Waals surface area (Å²) in [5, 5.41) is 4.20. The first kappa shape index (κ1) is 17.2. The molecule has 2 aromatic heterocycles. The van der Waals surface area contributed by atoms with Crippen molar-refractivity contribution in [1.82, 2.24) is 24.6 Å². The van der Waals surface area contributed by atoms with Gasteiger partial charge in [0.1, 0.15) is 5.82 Å². The van der Waals surface area contributed by atoms with Gasteiger partial charge in [-0.05, 0) is 38.4 Å². The molecule has 138 valence electrons. The highest BCUT2D eigenvalue weighted by Crippen LogP contribution is 2.34. The molecule has 1 aliphatic heterocycles. The van der Waals surface area contributed by atoms with Gasteiger partial charge in [0.25, 0.3) is 0 Å². The minimum Gasteiger partial charge on any atom is -0.339 e. The highest BCUT2D eigenvalue weighted by molar-refractivity contribution is 5.76. The molecule has 3 heterocycles. The number of hydrogen-bond acceptors (Lipinski definition) is 5. The average Bonchev–Trinajstić information content (AvgIpc) is 3.31. The normalized spacial score (nSPS) is 18.8. The van der Waals surface area contributed by atoms with Gasteiger partial charge in [-0.1, -0.05) is 38.1 Å². The maximum Gasteiger partial charge on any atom is 0.232 e. The Kier molecular flexibility index (Phi) is 4.31. The molecule has 0 bridgehead atoms. The Labute approximate surface area is 154 Å². The molecule has 0 spiro atoms. The van der Waals surface area contributed by atoms with E-state index in [9.17, 15) is 0 Å². The predicted molar refractivity (Wildman–Crippen MR) is 101 cm³/mol. The Balaban J connectivity index is 1.62. The van der Waals surface area contributed by atoms with Crippen molar-refractivity contribution in [3.8, 4) is 0 Å². The molecule has 0 unspecified atom stereocenters. The van der Waals surface area contributed by atoms with E-state index >= 15 is 0 Å². The van der Waals surface area contributed by atoms with Crippen LogP contribution >= 0.6 is 0 Å². The number of aromatic nitrogens is 4. The zero-order valence-electron chi connectivity index (χ0n) is 16.1. The van der Waals surface area contributed by atoms with Crippen molar-refractivity contribution in [3.63, 3.8) is 0 Å². The molecule has 3 aromatic rings. The van der Waals surface area contributed by atoms with E-state index in [1.54, 1.807) is 0 Å². The molecular weight excluding hydrogens is 326 g/mol. The molecule has 1 aliphatic rings. The van der Waals surface area contributed by atoms with E-state index in [4.69, 9.17) is 9.51 Å². The Morgan fingerprint density at radius 1 is 1.19 bits per heavy atom. The van der Waals surface area contributed by atoms with Crippen molar-refractivity contribution in [2.45, 2.75) is 65.1 Å². The molecule has 0 saturated carbocycles. The molecule has 1 atom stereocenters. The van der Waals surface area contributed by atoms with Crippen molar-refractivity contribution in [2.24, 2.45) is 0 Å². The smallest absolute Gasteiger partial charge is 0.232 e.